The second-order valence-corrected chi connectivity index (χ2v) is 5.03. The summed E-state index contributed by atoms with van der Waals surface area (Å²) in [7, 11) is 0. The van der Waals surface area contributed by atoms with Crippen molar-refractivity contribution in [1.82, 2.24) is 20.1 Å². The number of nitrogens with zero attached hydrogens (tertiary/aromatic N) is 2. The molecule has 0 spiro atoms. The van der Waals surface area contributed by atoms with Crippen LogP contribution in [0.25, 0.3) is 0 Å². The number of aromatic nitrogens is 3. The Kier molecular flexibility index (Phi) is 4.34. The summed E-state index contributed by atoms with van der Waals surface area (Å²) in [6.45, 7) is 6.52. The van der Waals surface area contributed by atoms with Gasteiger partial charge in [-0.05, 0) is 44.6 Å². The lowest BCUT2D eigenvalue weighted by Crippen LogP contribution is -2.29. The Morgan fingerprint density at radius 1 is 1.50 bits per heavy atom. The highest BCUT2D eigenvalue weighted by molar-refractivity contribution is 7.71. The monoisotopic (exact) mass is 290 g/mol. The van der Waals surface area contributed by atoms with Crippen molar-refractivity contribution < 1.29 is 4.79 Å². The molecule has 0 unspecified atom stereocenters. The molecule has 0 aliphatic heterocycles. The van der Waals surface area contributed by atoms with Gasteiger partial charge >= 0.3 is 0 Å². The van der Waals surface area contributed by atoms with E-state index in [0.29, 0.717) is 10.3 Å². The normalized spacial score (nSPS) is 12.2. The molecule has 106 valence electrons. The number of aromatic amines is 1. The summed E-state index contributed by atoms with van der Waals surface area (Å²) in [6, 6.07) is 7.29. The van der Waals surface area contributed by atoms with E-state index < -0.39 is 0 Å². The zero-order valence-electron chi connectivity index (χ0n) is 11.8. The summed E-state index contributed by atoms with van der Waals surface area (Å²) in [5.74, 6) is 0.631. The maximum atomic E-state index is 12.3. The molecule has 0 saturated carbocycles. The van der Waals surface area contributed by atoms with Crippen molar-refractivity contribution in [2.75, 3.05) is 0 Å². The van der Waals surface area contributed by atoms with Crippen molar-refractivity contribution in [2.24, 2.45) is 0 Å². The number of H-pyrrole nitrogens is 1. The predicted octanol–water partition coefficient (Wildman–Crippen LogP) is 2.76. The van der Waals surface area contributed by atoms with Crippen LogP contribution in [0.5, 0.6) is 0 Å². The number of carbonyl (C=O) groups excluding carboxylic acids is 1. The van der Waals surface area contributed by atoms with Gasteiger partial charge in [0.15, 0.2) is 10.6 Å². The van der Waals surface area contributed by atoms with E-state index in [0.717, 1.165) is 17.9 Å². The van der Waals surface area contributed by atoms with Crippen molar-refractivity contribution in [3.05, 3.63) is 46.0 Å². The summed E-state index contributed by atoms with van der Waals surface area (Å²) in [4.78, 5) is 12.3. The number of hydrogen-bond donors (Lipinski definition) is 2. The lowest BCUT2D eigenvalue weighted by Gasteiger charge is -2.15. The summed E-state index contributed by atoms with van der Waals surface area (Å²) < 4.78 is 2.44. The first-order valence-corrected chi connectivity index (χ1v) is 6.97. The van der Waals surface area contributed by atoms with Crippen LogP contribution in [0.2, 0.25) is 0 Å². The van der Waals surface area contributed by atoms with Crippen molar-refractivity contribution in [1.29, 1.82) is 0 Å². The molecule has 6 heteroatoms. The third-order valence-electron chi connectivity index (χ3n) is 3.23. The average Bonchev–Trinajstić information content (AvgIpc) is 2.80. The molecule has 0 fully saturated rings. The fraction of sp³-hybridized carbons (Fsp3) is 0.357. The third-order valence-corrected chi connectivity index (χ3v) is 3.54. The third kappa shape index (κ3) is 2.80. The smallest absolute Gasteiger partial charge is 0.252 e. The lowest BCUT2D eigenvalue weighted by molar-refractivity contribution is 0.0937. The Hall–Kier alpha value is -1.95. The van der Waals surface area contributed by atoms with Crippen molar-refractivity contribution in [2.45, 2.75) is 33.4 Å². The van der Waals surface area contributed by atoms with Gasteiger partial charge in [0, 0.05) is 12.1 Å². The number of carbonyl (C=O) groups is 1. The van der Waals surface area contributed by atoms with Gasteiger partial charge in [-0.25, -0.2) is 0 Å². The molecular formula is C14H18N4OS. The minimum Gasteiger partial charge on any atom is -0.342 e. The zero-order chi connectivity index (χ0) is 14.7. The number of benzene rings is 1. The molecule has 5 nitrogen and oxygen atoms in total. The van der Waals surface area contributed by atoms with Crippen LogP contribution < -0.4 is 5.32 Å². The van der Waals surface area contributed by atoms with Gasteiger partial charge in [-0.1, -0.05) is 18.2 Å². The maximum Gasteiger partial charge on any atom is 0.252 e. The number of amides is 1. The van der Waals surface area contributed by atoms with Gasteiger partial charge in [0.25, 0.3) is 5.91 Å². The van der Waals surface area contributed by atoms with E-state index in [9.17, 15) is 4.79 Å². The van der Waals surface area contributed by atoms with Gasteiger partial charge in [0.1, 0.15) is 0 Å². The van der Waals surface area contributed by atoms with Crippen LogP contribution in [0.1, 0.15) is 41.6 Å². The molecule has 0 radical (unpaired) electrons. The Bertz CT molecular complexity index is 674. The molecular weight excluding hydrogens is 272 g/mol. The Labute approximate surface area is 123 Å². The van der Waals surface area contributed by atoms with Gasteiger partial charge in [-0.15, -0.1) is 0 Å². The molecule has 20 heavy (non-hydrogen) atoms. The van der Waals surface area contributed by atoms with Gasteiger partial charge < -0.3 is 9.88 Å². The molecule has 1 heterocycles. The molecule has 0 aliphatic rings. The molecule has 1 amide bonds. The van der Waals surface area contributed by atoms with Gasteiger partial charge in [0.2, 0.25) is 0 Å². The van der Waals surface area contributed by atoms with Crippen LogP contribution in [0, 0.1) is 11.7 Å². The van der Waals surface area contributed by atoms with Gasteiger partial charge in [-0.2, -0.15) is 5.10 Å². The van der Waals surface area contributed by atoms with Crippen molar-refractivity contribution in [3.63, 3.8) is 0 Å². The van der Waals surface area contributed by atoms with E-state index in [4.69, 9.17) is 12.2 Å². The first kappa shape index (κ1) is 14.5. The van der Waals surface area contributed by atoms with E-state index in [1.54, 1.807) is 0 Å². The fourth-order valence-electron chi connectivity index (χ4n) is 2.13. The topological polar surface area (TPSA) is 62.7 Å². The molecule has 2 rings (SSSR count). The maximum absolute atomic E-state index is 12.3. The van der Waals surface area contributed by atoms with Crippen molar-refractivity contribution >= 4 is 18.1 Å². The first-order chi connectivity index (χ1) is 9.54. The molecule has 1 aromatic carbocycles. The van der Waals surface area contributed by atoms with Crippen LogP contribution >= 0.6 is 12.2 Å². The van der Waals surface area contributed by atoms with E-state index in [1.165, 1.54) is 0 Å². The molecule has 1 atom stereocenters. The molecule has 0 bridgehead atoms. The summed E-state index contributed by atoms with van der Waals surface area (Å²) in [5, 5.41) is 9.90. The second kappa shape index (κ2) is 6.00. The highest BCUT2D eigenvalue weighted by Gasteiger charge is 2.17. The molecule has 0 saturated heterocycles. The predicted molar refractivity (Wildman–Crippen MR) is 80.1 cm³/mol. The minimum atomic E-state index is -0.213. The number of hydrogen-bond acceptors (Lipinski definition) is 3. The SMILES string of the molecule is CCn1c([C@H](C)NC(=O)c2ccccc2C)n[nH]c1=S. The average molecular weight is 290 g/mol. The van der Waals surface area contributed by atoms with Gasteiger partial charge in [0.05, 0.1) is 6.04 Å². The van der Waals surface area contributed by atoms with Crippen LogP contribution in [-0.2, 0) is 6.54 Å². The van der Waals surface area contributed by atoms with E-state index in [2.05, 4.69) is 15.5 Å². The largest absolute Gasteiger partial charge is 0.342 e. The summed E-state index contributed by atoms with van der Waals surface area (Å²) in [6.07, 6.45) is 0. The standard InChI is InChI=1S/C14H18N4OS/c1-4-18-12(16-17-14(18)20)10(3)15-13(19)11-8-6-5-7-9(11)2/h5-8,10H,4H2,1-3H3,(H,15,19)(H,17,20)/t10-/m0/s1. The number of aryl methyl sites for hydroxylation is 1. The van der Waals surface area contributed by atoms with Crippen LogP contribution in [0.3, 0.4) is 0 Å². The first-order valence-electron chi connectivity index (χ1n) is 6.56. The lowest BCUT2D eigenvalue weighted by atomic mass is 10.1. The Balaban J connectivity index is 2.20. The van der Waals surface area contributed by atoms with Crippen LogP contribution in [0.15, 0.2) is 24.3 Å². The molecule has 1 aromatic heterocycles. The molecule has 2 N–H and O–H groups in total. The van der Waals surface area contributed by atoms with Gasteiger partial charge in [-0.3, -0.25) is 9.89 Å². The fourth-order valence-corrected chi connectivity index (χ4v) is 2.40. The highest BCUT2D eigenvalue weighted by Crippen LogP contribution is 2.13. The minimum absolute atomic E-state index is 0.104. The quantitative estimate of drug-likeness (QED) is 0.851. The Morgan fingerprint density at radius 2 is 2.20 bits per heavy atom. The van der Waals surface area contributed by atoms with E-state index >= 15 is 0 Å². The number of rotatable bonds is 4. The van der Waals surface area contributed by atoms with Crippen LogP contribution in [0.4, 0.5) is 0 Å². The molecule has 0 aliphatic carbocycles. The van der Waals surface area contributed by atoms with E-state index in [1.807, 2.05) is 49.6 Å². The van der Waals surface area contributed by atoms with Crippen molar-refractivity contribution in [3.8, 4) is 0 Å². The molecule has 2 aromatic rings. The van der Waals surface area contributed by atoms with E-state index in [-0.39, 0.29) is 11.9 Å². The number of nitrogens with one attached hydrogen (secondary N) is 2. The van der Waals surface area contributed by atoms with Crippen LogP contribution in [-0.4, -0.2) is 20.7 Å². The zero-order valence-corrected chi connectivity index (χ0v) is 12.6. The highest BCUT2D eigenvalue weighted by atomic mass is 32.1. The summed E-state index contributed by atoms with van der Waals surface area (Å²) in [5.41, 5.74) is 1.63. The Morgan fingerprint density at radius 3 is 2.85 bits per heavy atom. The second-order valence-electron chi connectivity index (χ2n) is 4.64. The summed E-state index contributed by atoms with van der Waals surface area (Å²) >= 11 is 5.15.